The normalized spacial score (nSPS) is 18.3. The molecule has 1 heterocycles. The maximum Gasteiger partial charge on any atom is 0.322 e. The number of thioether (sulfide) groups is 1. The van der Waals surface area contributed by atoms with Crippen molar-refractivity contribution in [2.24, 2.45) is 0 Å². The second-order valence-electron chi connectivity index (χ2n) is 6.77. The number of benzene rings is 1. The van der Waals surface area contributed by atoms with Gasteiger partial charge >= 0.3 is 6.03 Å². The number of aryl methyl sites for hydroxylation is 1. The number of nitrogens with one attached hydrogen (secondary N) is 2. The summed E-state index contributed by atoms with van der Waals surface area (Å²) in [7, 11) is 0. The van der Waals surface area contributed by atoms with E-state index in [0.717, 1.165) is 22.3 Å². The average molecular weight is 362 g/mol. The van der Waals surface area contributed by atoms with Gasteiger partial charge in [0, 0.05) is 41.9 Å². The SMILES string of the molecule is Cc1ccc(C(=O)NCCSC2CCCCC2)cc1N1CCNC1=O. The molecular weight excluding hydrogens is 334 g/mol. The van der Waals surface area contributed by atoms with Crippen molar-refractivity contribution in [3.05, 3.63) is 29.3 Å². The third-order valence-corrected chi connectivity index (χ3v) is 6.29. The van der Waals surface area contributed by atoms with Crippen LogP contribution >= 0.6 is 11.8 Å². The fourth-order valence-electron chi connectivity index (χ4n) is 3.47. The number of hydrogen-bond acceptors (Lipinski definition) is 3. The lowest BCUT2D eigenvalue weighted by Gasteiger charge is -2.21. The molecule has 2 aliphatic rings. The molecule has 0 bridgehead atoms. The van der Waals surface area contributed by atoms with E-state index in [4.69, 9.17) is 0 Å². The smallest absolute Gasteiger partial charge is 0.322 e. The van der Waals surface area contributed by atoms with Crippen LogP contribution in [0, 0.1) is 6.92 Å². The number of hydrogen-bond donors (Lipinski definition) is 2. The number of carbonyl (C=O) groups excluding carboxylic acids is 2. The van der Waals surface area contributed by atoms with Crippen LogP contribution in [0.4, 0.5) is 10.5 Å². The molecule has 1 aromatic carbocycles. The third kappa shape index (κ3) is 4.69. The Morgan fingerprint density at radius 3 is 2.84 bits per heavy atom. The summed E-state index contributed by atoms with van der Waals surface area (Å²) in [5.74, 6) is 0.897. The number of carbonyl (C=O) groups is 2. The van der Waals surface area contributed by atoms with Crippen LogP contribution in [0.25, 0.3) is 0 Å². The van der Waals surface area contributed by atoms with E-state index < -0.39 is 0 Å². The summed E-state index contributed by atoms with van der Waals surface area (Å²) in [6, 6.07) is 5.47. The number of amides is 3. The summed E-state index contributed by atoms with van der Waals surface area (Å²) in [6.07, 6.45) is 6.70. The summed E-state index contributed by atoms with van der Waals surface area (Å²) in [5, 5.41) is 6.58. The van der Waals surface area contributed by atoms with Gasteiger partial charge in [0.15, 0.2) is 0 Å². The number of anilines is 1. The first-order valence-corrected chi connectivity index (χ1v) is 10.3. The molecule has 25 heavy (non-hydrogen) atoms. The number of urea groups is 1. The predicted molar refractivity (Wildman–Crippen MR) is 104 cm³/mol. The molecule has 0 atom stereocenters. The molecule has 0 radical (unpaired) electrons. The molecule has 5 nitrogen and oxygen atoms in total. The topological polar surface area (TPSA) is 61.4 Å². The zero-order valence-corrected chi connectivity index (χ0v) is 15.7. The molecule has 1 aromatic rings. The van der Waals surface area contributed by atoms with E-state index in [-0.39, 0.29) is 11.9 Å². The van der Waals surface area contributed by atoms with Crippen LogP contribution in [0.1, 0.15) is 48.0 Å². The lowest BCUT2D eigenvalue weighted by atomic mass is 10.0. The first kappa shape index (κ1) is 18.1. The van der Waals surface area contributed by atoms with Crippen LogP contribution in [-0.4, -0.2) is 42.6 Å². The molecule has 0 spiro atoms. The van der Waals surface area contributed by atoms with Gasteiger partial charge in [-0.3, -0.25) is 9.69 Å². The first-order chi connectivity index (χ1) is 12.1. The highest BCUT2D eigenvalue weighted by molar-refractivity contribution is 7.99. The Morgan fingerprint density at radius 1 is 1.32 bits per heavy atom. The summed E-state index contributed by atoms with van der Waals surface area (Å²) < 4.78 is 0. The Bertz CT molecular complexity index is 629. The van der Waals surface area contributed by atoms with Crippen molar-refractivity contribution >= 4 is 29.4 Å². The Balaban J connectivity index is 1.52. The fraction of sp³-hybridized carbons (Fsp3) is 0.579. The average Bonchev–Trinajstić information content (AvgIpc) is 3.05. The summed E-state index contributed by atoms with van der Waals surface area (Å²) in [6.45, 7) is 3.94. The molecule has 2 N–H and O–H groups in total. The van der Waals surface area contributed by atoms with E-state index in [1.807, 2.05) is 36.9 Å². The van der Waals surface area contributed by atoms with E-state index in [1.54, 1.807) is 4.90 Å². The van der Waals surface area contributed by atoms with Gasteiger partial charge in [-0.25, -0.2) is 4.79 Å². The predicted octanol–water partition coefficient (Wildman–Crippen LogP) is 3.32. The van der Waals surface area contributed by atoms with Gasteiger partial charge in [0.25, 0.3) is 5.91 Å². The van der Waals surface area contributed by atoms with Crippen LogP contribution in [0.3, 0.4) is 0 Å². The highest BCUT2D eigenvalue weighted by Crippen LogP contribution is 2.28. The monoisotopic (exact) mass is 361 g/mol. The molecule has 2 fully saturated rings. The highest BCUT2D eigenvalue weighted by Gasteiger charge is 2.23. The molecule has 136 valence electrons. The molecular formula is C19H27N3O2S. The van der Waals surface area contributed by atoms with E-state index in [2.05, 4.69) is 10.6 Å². The standard InChI is InChI=1S/C19H27N3O2S/c1-14-7-8-15(13-17(14)22-11-9-21-19(22)24)18(23)20-10-12-25-16-5-3-2-4-6-16/h7-8,13,16H,2-6,9-12H2,1H3,(H,20,23)(H,21,24). The summed E-state index contributed by atoms with van der Waals surface area (Å²) in [5.41, 5.74) is 2.43. The van der Waals surface area contributed by atoms with Crippen molar-refractivity contribution < 1.29 is 9.59 Å². The fourth-order valence-corrected chi connectivity index (χ4v) is 4.69. The first-order valence-electron chi connectivity index (χ1n) is 9.21. The van der Waals surface area contributed by atoms with Gasteiger partial charge < -0.3 is 10.6 Å². The van der Waals surface area contributed by atoms with Crippen LogP contribution < -0.4 is 15.5 Å². The van der Waals surface area contributed by atoms with Gasteiger partial charge in [-0.05, 0) is 37.5 Å². The Hall–Kier alpha value is -1.69. The van der Waals surface area contributed by atoms with Gasteiger partial charge in [-0.15, -0.1) is 0 Å². The highest BCUT2D eigenvalue weighted by atomic mass is 32.2. The zero-order valence-electron chi connectivity index (χ0n) is 14.8. The van der Waals surface area contributed by atoms with Crippen LogP contribution in [0.2, 0.25) is 0 Å². The quantitative estimate of drug-likeness (QED) is 0.764. The van der Waals surface area contributed by atoms with Crippen LogP contribution in [-0.2, 0) is 0 Å². The summed E-state index contributed by atoms with van der Waals surface area (Å²) in [4.78, 5) is 26.0. The van der Waals surface area contributed by atoms with Crippen molar-refractivity contribution in [3.8, 4) is 0 Å². The minimum Gasteiger partial charge on any atom is -0.351 e. The summed E-state index contributed by atoms with van der Waals surface area (Å²) >= 11 is 1.98. The number of rotatable bonds is 6. The van der Waals surface area contributed by atoms with Gasteiger partial charge in [0.05, 0.1) is 0 Å². The Labute approximate surface area is 153 Å². The molecule has 0 aromatic heterocycles. The minimum atomic E-state index is -0.0930. The largest absolute Gasteiger partial charge is 0.351 e. The van der Waals surface area contributed by atoms with Crippen LogP contribution in [0.5, 0.6) is 0 Å². The molecule has 3 amide bonds. The lowest BCUT2D eigenvalue weighted by Crippen LogP contribution is -2.29. The molecule has 1 saturated heterocycles. The minimum absolute atomic E-state index is 0.0647. The van der Waals surface area contributed by atoms with E-state index in [9.17, 15) is 9.59 Å². The Kier molecular flexibility index (Phi) is 6.24. The number of nitrogens with zero attached hydrogens (tertiary/aromatic N) is 1. The molecule has 3 rings (SSSR count). The van der Waals surface area contributed by atoms with Gasteiger partial charge in [-0.1, -0.05) is 25.3 Å². The molecule has 1 aliphatic carbocycles. The van der Waals surface area contributed by atoms with Crippen molar-refractivity contribution in [1.82, 2.24) is 10.6 Å². The third-order valence-electron chi connectivity index (χ3n) is 4.91. The molecule has 1 aliphatic heterocycles. The van der Waals surface area contributed by atoms with Crippen molar-refractivity contribution in [2.45, 2.75) is 44.3 Å². The van der Waals surface area contributed by atoms with E-state index in [0.29, 0.717) is 25.2 Å². The van der Waals surface area contributed by atoms with Gasteiger partial charge in [0.1, 0.15) is 0 Å². The van der Waals surface area contributed by atoms with E-state index >= 15 is 0 Å². The molecule has 6 heteroatoms. The van der Waals surface area contributed by atoms with Crippen molar-refractivity contribution in [1.29, 1.82) is 0 Å². The van der Waals surface area contributed by atoms with Crippen LogP contribution in [0.15, 0.2) is 18.2 Å². The second-order valence-corrected chi connectivity index (χ2v) is 8.18. The lowest BCUT2D eigenvalue weighted by molar-refractivity contribution is 0.0956. The second kappa shape index (κ2) is 8.61. The van der Waals surface area contributed by atoms with Gasteiger partial charge in [-0.2, -0.15) is 11.8 Å². The maximum absolute atomic E-state index is 12.4. The van der Waals surface area contributed by atoms with E-state index in [1.165, 1.54) is 32.1 Å². The van der Waals surface area contributed by atoms with Crippen molar-refractivity contribution in [2.75, 3.05) is 30.3 Å². The maximum atomic E-state index is 12.4. The molecule has 1 saturated carbocycles. The molecule has 0 unspecified atom stereocenters. The van der Waals surface area contributed by atoms with Crippen molar-refractivity contribution in [3.63, 3.8) is 0 Å². The Morgan fingerprint density at radius 2 is 2.12 bits per heavy atom. The zero-order chi connectivity index (χ0) is 17.6. The van der Waals surface area contributed by atoms with Gasteiger partial charge in [0.2, 0.25) is 0 Å².